The van der Waals surface area contributed by atoms with Crippen LogP contribution in [0.2, 0.25) is 5.02 Å². The average molecular weight is 196 g/mol. The molecular weight excluding hydrogens is 186 g/mol. The van der Waals surface area contributed by atoms with Crippen LogP contribution in [0.5, 0.6) is 0 Å². The van der Waals surface area contributed by atoms with Crippen molar-refractivity contribution >= 4 is 30.9 Å². The van der Waals surface area contributed by atoms with Gasteiger partial charge in [-0.3, -0.25) is 0 Å². The lowest BCUT2D eigenvalue weighted by atomic mass is 9.95. The van der Waals surface area contributed by atoms with Crippen LogP contribution in [0.3, 0.4) is 0 Å². The van der Waals surface area contributed by atoms with Crippen LogP contribution < -0.4 is 5.46 Å². The van der Waals surface area contributed by atoms with Gasteiger partial charge in [-0.1, -0.05) is 37.0 Å². The van der Waals surface area contributed by atoms with Crippen molar-refractivity contribution in [2.75, 3.05) is 0 Å². The van der Waals surface area contributed by atoms with Crippen molar-refractivity contribution in [1.29, 1.82) is 0 Å². The maximum atomic E-state index is 10.4. The summed E-state index contributed by atoms with van der Waals surface area (Å²) in [6.07, 6.45) is 0. The molecule has 0 heterocycles. The Morgan fingerprint density at radius 2 is 2.00 bits per heavy atom. The zero-order valence-corrected chi connectivity index (χ0v) is 8.30. The molecule has 0 aliphatic rings. The van der Waals surface area contributed by atoms with Crippen LogP contribution in [0.1, 0.15) is 24.2 Å². The van der Waals surface area contributed by atoms with Crippen molar-refractivity contribution in [2.45, 2.75) is 13.8 Å². The Hall–Kier alpha value is -0.955. The molecule has 0 saturated heterocycles. The standard InChI is InChI=1S/C7H4BClO2.C2H6/c8-4-1-2-5(7(10)11)6(9)3-4;1-2/h1-3H,(H,10,11);1-2H3. The molecule has 0 fully saturated rings. The molecule has 0 saturated carbocycles. The number of carbonyl (C=O) groups is 1. The molecule has 1 aromatic carbocycles. The van der Waals surface area contributed by atoms with Gasteiger partial charge in [0.1, 0.15) is 7.85 Å². The van der Waals surface area contributed by atoms with E-state index in [-0.39, 0.29) is 10.6 Å². The lowest BCUT2D eigenvalue weighted by Gasteiger charge is -1.98. The molecule has 0 unspecified atom stereocenters. The van der Waals surface area contributed by atoms with Crippen LogP contribution in [0.15, 0.2) is 18.2 Å². The highest BCUT2D eigenvalue weighted by Crippen LogP contribution is 2.12. The average Bonchev–Trinajstić information content (AvgIpc) is 2.07. The Bertz CT molecular complexity index is 300. The molecule has 1 rings (SSSR count). The molecule has 2 radical (unpaired) electrons. The number of carboxylic acids is 1. The second-order valence-electron chi connectivity index (χ2n) is 2.04. The number of hydrogen-bond acceptors (Lipinski definition) is 1. The van der Waals surface area contributed by atoms with Crippen LogP contribution in [-0.4, -0.2) is 18.9 Å². The lowest BCUT2D eigenvalue weighted by molar-refractivity contribution is 0.0697. The summed E-state index contributed by atoms with van der Waals surface area (Å²) < 4.78 is 0. The first-order valence-corrected chi connectivity index (χ1v) is 4.27. The SMILES string of the molecule is CC.[B]c1ccc(C(=O)O)c(Cl)c1. The zero-order valence-electron chi connectivity index (χ0n) is 7.54. The molecule has 0 bridgehead atoms. The Labute approximate surface area is 83.9 Å². The first-order chi connectivity index (χ1) is 6.11. The van der Waals surface area contributed by atoms with Gasteiger partial charge in [0, 0.05) is 0 Å². The van der Waals surface area contributed by atoms with E-state index in [4.69, 9.17) is 24.6 Å². The summed E-state index contributed by atoms with van der Waals surface area (Å²) in [6, 6.07) is 4.28. The fraction of sp³-hybridized carbons (Fsp3) is 0.222. The number of halogens is 1. The van der Waals surface area contributed by atoms with Gasteiger partial charge in [0.15, 0.2) is 0 Å². The van der Waals surface area contributed by atoms with Crippen molar-refractivity contribution in [3.8, 4) is 0 Å². The van der Waals surface area contributed by atoms with Gasteiger partial charge in [-0.25, -0.2) is 4.79 Å². The summed E-state index contributed by atoms with van der Waals surface area (Å²) >= 11 is 5.56. The van der Waals surface area contributed by atoms with E-state index in [1.54, 1.807) is 0 Å². The summed E-state index contributed by atoms with van der Waals surface area (Å²) in [6.45, 7) is 4.00. The van der Waals surface area contributed by atoms with Crippen molar-refractivity contribution < 1.29 is 9.90 Å². The minimum Gasteiger partial charge on any atom is -0.478 e. The van der Waals surface area contributed by atoms with Crippen molar-refractivity contribution in [2.24, 2.45) is 0 Å². The minimum absolute atomic E-state index is 0.0702. The van der Waals surface area contributed by atoms with Gasteiger partial charge in [-0.15, -0.1) is 0 Å². The van der Waals surface area contributed by atoms with Gasteiger partial charge in [0.05, 0.1) is 10.6 Å². The van der Waals surface area contributed by atoms with Gasteiger partial charge in [-0.05, 0) is 12.1 Å². The van der Waals surface area contributed by atoms with Gasteiger partial charge >= 0.3 is 5.97 Å². The van der Waals surface area contributed by atoms with Crippen LogP contribution in [-0.2, 0) is 0 Å². The predicted octanol–water partition coefficient (Wildman–Crippen LogP) is 1.86. The number of benzene rings is 1. The molecule has 2 nitrogen and oxygen atoms in total. The lowest BCUT2D eigenvalue weighted by Crippen LogP contribution is -2.05. The number of carboxylic acid groups (broad SMARTS) is 1. The molecule has 0 atom stereocenters. The molecule has 0 aliphatic heterocycles. The monoisotopic (exact) mass is 196 g/mol. The van der Waals surface area contributed by atoms with Crippen LogP contribution in [0, 0.1) is 0 Å². The molecule has 4 heteroatoms. The van der Waals surface area contributed by atoms with E-state index in [0.717, 1.165) is 0 Å². The Morgan fingerprint density at radius 1 is 1.46 bits per heavy atom. The van der Waals surface area contributed by atoms with Crippen LogP contribution >= 0.6 is 11.6 Å². The van der Waals surface area contributed by atoms with Gasteiger partial charge in [0.2, 0.25) is 0 Å². The van der Waals surface area contributed by atoms with Gasteiger partial charge < -0.3 is 5.11 Å². The first kappa shape index (κ1) is 12.0. The number of hydrogen-bond donors (Lipinski definition) is 1. The maximum Gasteiger partial charge on any atom is 0.337 e. The topological polar surface area (TPSA) is 37.3 Å². The molecule has 0 aliphatic carbocycles. The van der Waals surface area contributed by atoms with E-state index in [1.807, 2.05) is 13.8 Å². The number of aromatic carboxylic acids is 1. The molecule has 0 amide bonds. The highest BCUT2D eigenvalue weighted by Gasteiger charge is 2.06. The summed E-state index contributed by atoms with van der Waals surface area (Å²) in [4.78, 5) is 10.4. The zero-order chi connectivity index (χ0) is 10.4. The van der Waals surface area contributed by atoms with Crippen molar-refractivity contribution in [1.82, 2.24) is 0 Å². The molecule has 1 N–H and O–H groups in total. The fourth-order valence-corrected chi connectivity index (χ4v) is 0.975. The van der Waals surface area contributed by atoms with Crippen LogP contribution in [0.4, 0.5) is 0 Å². The van der Waals surface area contributed by atoms with Crippen molar-refractivity contribution in [3.05, 3.63) is 28.8 Å². The smallest absolute Gasteiger partial charge is 0.337 e. The molecular formula is C9H10BClO2. The second-order valence-corrected chi connectivity index (χ2v) is 2.45. The summed E-state index contributed by atoms with van der Waals surface area (Å²) in [5.74, 6) is -1.05. The third-order valence-electron chi connectivity index (χ3n) is 1.22. The van der Waals surface area contributed by atoms with E-state index < -0.39 is 5.97 Å². The Kier molecular flexibility index (Phi) is 5.23. The highest BCUT2D eigenvalue weighted by atomic mass is 35.5. The van der Waals surface area contributed by atoms with E-state index >= 15 is 0 Å². The first-order valence-electron chi connectivity index (χ1n) is 3.89. The molecule has 0 spiro atoms. The quantitative estimate of drug-likeness (QED) is 0.696. The molecule has 1 aromatic rings. The van der Waals surface area contributed by atoms with Gasteiger partial charge in [0.25, 0.3) is 0 Å². The Morgan fingerprint density at radius 3 is 2.38 bits per heavy atom. The van der Waals surface area contributed by atoms with Gasteiger partial charge in [-0.2, -0.15) is 0 Å². The number of rotatable bonds is 1. The largest absolute Gasteiger partial charge is 0.478 e. The molecule has 0 aromatic heterocycles. The predicted molar refractivity (Wildman–Crippen MR) is 55.1 cm³/mol. The van der Waals surface area contributed by atoms with E-state index in [1.165, 1.54) is 18.2 Å². The highest BCUT2D eigenvalue weighted by molar-refractivity contribution is 6.37. The third kappa shape index (κ3) is 3.51. The third-order valence-corrected chi connectivity index (χ3v) is 1.54. The van der Waals surface area contributed by atoms with E-state index in [9.17, 15) is 4.79 Å². The molecule has 68 valence electrons. The fourth-order valence-electron chi connectivity index (χ4n) is 0.705. The summed E-state index contributed by atoms with van der Waals surface area (Å²) in [5, 5.41) is 8.70. The maximum absolute atomic E-state index is 10.4. The van der Waals surface area contributed by atoms with Crippen molar-refractivity contribution in [3.63, 3.8) is 0 Å². The summed E-state index contributed by atoms with van der Waals surface area (Å²) in [5.41, 5.74) is 0.529. The summed E-state index contributed by atoms with van der Waals surface area (Å²) in [7, 11) is 5.35. The normalized spacial score (nSPS) is 8.54. The Balaban J connectivity index is 0.000000671. The van der Waals surface area contributed by atoms with E-state index in [0.29, 0.717) is 5.46 Å². The second kappa shape index (κ2) is 5.65. The molecule has 13 heavy (non-hydrogen) atoms. The van der Waals surface area contributed by atoms with Crippen LogP contribution in [0.25, 0.3) is 0 Å². The minimum atomic E-state index is -1.05. The van der Waals surface area contributed by atoms with E-state index in [2.05, 4.69) is 0 Å².